The van der Waals surface area contributed by atoms with Gasteiger partial charge >= 0.3 is 0 Å². The Morgan fingerprint density at radius 2 is 2.00 bits per heavy atom. The molecule has 0 radical (unpaired) electrons. The first kappa shape index (κ1) is 13.4. The van der Waals surface area contributed by atoms with Crippen molar-refractivity contribution in [2.24, 2.45) is 0 Å². The van der Waals surface area contributed by atoms with E-state index in [0.29, 0.717) is 12.1 Å². The summed E-state index contributed by atoms with van der Waals surface area (Å²) in [6.45, 7) is 5.92. The second-order valence-electron chi connectivity index (χ2n) is 4.90. The number of carbonyl (C=O) groups excluding carboxylic acids is 1. The van der Waals surface area contributed by atoms with Crippen molar-refractivity contribution in [2.75, 3.05) is 29.4 Å². The summed E-state index contributed by atoms with van der Waals surface area (Å²) in [6, 6.07) is 13.2. The zero-order valence-electron chi connectivity index (χ0n) is 11.8. The number of hydrogen-bond donors (Lipinski definition) is 0. The fraction of sp³-hybridized carbons (Fsp3) is 0.176. The summed E-state index contributed by atoms with van der Waals surface area (Å²) in [5, 5.41) is 0. The lowest BCUT2D eigenvalue weighted by Gasteiger charge is -2.36. The molecule has 4 nitrogen and oxygen atoms in total. The van der Waals surface area contributed by atoms with Crippen LogP contribution in [0.15, 0.2) is 61.3 Å². The third-order valence-corrected chi connectivity index (χ3v) is 3.57. The Balaban J connectivity index is 1.96. The molecule has 2 heterocycles. The molecule has 4 heteroatoms. The standard InChI is InChI=1S/C17H17N3O/c1-2-11-19-12-13-20(15-9-6-10-18-16(15)19)17(21)14-7-4-3-5-8-14/h2-10H,1,11-13H2. The van der Waals surface area contributed by atoms with Crippen LogP contribution in [-0.2, 0) is 0 Å². The minimum Gasteiger partial charge on any atom is -0.349 e. The molecule has 1 aromatic carbocycles. The molecule has 2 aromatic rings. The minimum atomic E-state index is 0.0168. The van der Waals surface area contributed by atoms with Crippen LogP contribution >= 0.6 is 0 Å². The van der Waals surface area contributed by atoms with Gasteiger partial charge in [-0.1, -0.05) is 24.3 Å². The van der Waals surface area contributed by atoms with Gasteiger partial charge in [0.1, 0.15) is 0 Å². The summed E-state index contributed by atoms with van der Waals surface area (Å²) in [7, 11) is 0. The van der Waals surface area contributed by atoms with Crippen molar-refractivity contribution in [2.45, 2.75) is 0 Å². The van der Waals surface area contributed by atoms with E-state index < -0.39 is 0 Å². The predicted molar refractivity (Wildman–Crippen MR) is 84.8 cm³/mol. The summed E-state index contributed by atoms with van der Waals surface area (Å²) in [5.74, 6) is 0.857. The molecule has 1 aliphatic heterocycles. The summed E-state index contributed by atoms with van der Waals surface area (Å²) < 4.78 is 0. The summed E-state index contributed by atoms with van der Waals surface area (Å²) in [4.78, 5) is 21.1. The van der Waals surface area contributed by atoms with Gasteiger partial charge in [0.05, 0.1) is 5.69 Å². The molecule has 0 fully saturated rings. The highest BCUT2D eigenvalue weighted by Crippen LogP contribution is 2.31. The second kappa shape index (κ2) is 5.79. The van der Waals surface area contributed by atoms with Crippen LogP contribution in [0.4, 0.5) is 11.5 Å². The lowest BCUT2D eigenvalue weighted by atomic mass is 10.1. The molecule has 1 aliphatic rings. The molecule has 106 valence electrons. The number of benzene rings is 1. The van der Waals surface area contributed by atoms with E-state index in [1.165, 1.54) is 0 Å². The Labute approximate surface area is 124 Å². The van der Waals surface area contributed by atoms with Crippen LogP contribution in [0.1, 0.15) is 10.4 Å². The molecular formula is C17H17N3O. The molecule has 0 atom stereocenters. The van der Waals surface area contributed by atoms with Gasteiger partial charge in [-0.2, -0.15) is 0 Å². The van der Waals surface area contributed by atoms with E-state index in [-0.39, 0.29) is 5.91 Å². The number of nitrogens with zero attached hydrogens (tertiary/aromatic N) is 3. The number of hydrogen-bond acceptors (Lipinski definition) is 3. The van der Waals surface area contributed by atoms with Crippen LogP contribution in [0.3, 0.4) is 0 Å². The van der Waals surface area contributed by atoms with E-state index in [1.54, 1.807) is 11.1 Å². The van der Waals surface area contributed by atoms with Crippen LogP contribution in [0.2, 0.25) is 0 Å². The fourth-order valence-electron chi connectivity index (χ4n) is 2.57. The second-order valence-corrected chi connectivity index (χ2v) is 4.90. The minimum absolute atomic E-state index is 0.0168. The number of anilines is 2. The normalized spacial score (nSPS) is 13.7. The molecule has 0 bridgehead atoms. The summed E-state index contributed by atoms with van der Waals surface area (Å²) >= 11 is 0. The van der Waals surface area contributed by atoms with Gasteiger partial charge in [0, 0.05) is 31.4 Å². The zero-order chi connectivity index (χ0) is 14.7. The van der Waals surface area contributed by atoms with Gasteiger partial charge in [0.15, 0.2) is 5.82 Å². The molecular weight excluding hydrogens is 262 g/mol. The first-order valence-electron chi connectivity index (χ1n) is 6.99. The molecule has 0 saturated carbocycles. The van der Waals surface area contributed by atoms with Gasteiger partial charge in [0.25, 0.3) is 5.91 Å². The Hall–Kier alpha value is -2.62. The van der Waals surface area contributed by atoms with Crippen LogP contribution in [0.25, 0.3) is 0 Å². The predicted octanol–water partition coefficient (Wildman–Crippen LogP) is 2.73. The third-order valence-electron chi connectivity index (χ3n) is 3.57. The zero-order valence-corrected chi connectivity index (χ0v) is 11.8. The third kappa shape index (κ3) is 2.52. The van der Waals surface area contributed by atoms with Crippen LogP contribution in [-0.4, -0.2) is 30.5 Å². The molecule has 0 N–H and O–H groups in total. The van der Waals surface area contributed by atoms with Crippen LogP contribution < -0.4 is 9.80 Å². The molecule has 0 saturated heterocycles. The quantitative estimate of drug-likeness (QED) is 0.811. The smallest absolute Gasteiger partial charge is 0.258 e. The molecule has 1 aromatic heterocycles. The first-order chi connectivity index (χ1) is 10.3. The molecule has 0 spiro atoms. The highest BCUT2D eigenvalue weighted by Gasteiger charge is 2.27. The molecule has 3 rings (SSSR count). The molecule has 21 heavy (non-hydrogen) atoms. The number of rotatable bonds is 3. The number of carbonyl (C=O) groups is 1. The number of amides is 1. The average Bonchev–Trinajstić information content (AvgIpc) is 2.56. The van der Waals surface area contributed by atoms with Gasteiger partial charge in [-0.05, 0) is 24.3 Å². The van der Waals surface area contributed by atoms with Crippen molar-refractivity contribution in [3.8, 4) is 0 Å². The number of fused-ring (bicyclic) bond motifs is 1. The van der Waals surface area contributed by atoms with Gasteiger partial charge < -0.3 is 9.80 Å². The maximum absolute atomic E-state index is 12.7. The van der Waals surface area contributed by atoms with E-state index in [9.17, 15) is 4.79 Å². The first-order valence-corrected chi connectivity index (χ1v) is 6.99. The van der Waals surface area contributed by atoms with Crippen molar-refractivity contribution in [1.29, 1.82) is 0 Å². The van der Waals surface area contributed by atoms with E-state index in [1.807, 2.05) is 48.5 Å². The summed E-state index contributed by atoms with van der Waals surface area (Å²) in [6.07, 6.45) is 3.61. The Bertz CT molecular complexity index is 654. The van der Waals surface area contributed by atoms with E-state index >= 15 is 0 Å². The van der Waals surface area contributed by atoms with Gasteiger partial charge in [-0.25, -0.2) is 4.98 Å². The van der Waals surface area contributed by atoms with E-state index in [0.717, 1.165) is 24.6 Å². The van der Waals surface area contributed by atoms with Crippen LogP contribution in [0.5, 0.6) is 0 Å². The molecule has 0 unspecified atom stereocenters. The van der Waals surface area contributed by atoms with E-state index in [4.69, 9.17) is 0 Å². The number of pyridine rings is 1. The van der Waals surface area contributed by atoms with Gasteiger partial charge in [-0.15, -0.1) is 6.58 Å². The lowest BCUT2D eigenvalue weighted by molar-refractivity contribution is 0.0986. The Morgan fingerprint density at radius 1 is 1.19 bits per heavy atom. The van der Waals surface area contributed by atoms with Gasteiger partial charge in [0.2, 0.25) is 0 Å². The number of aromatic nitrogens is 1. The lowest BCUT2D eigenvalue weighted by Crippen LogP contribution is -2.44. The largest absolute Gasteiger partial charge is 0.349 e. The molecule has 0 aliphatic carbocycles. The van der Waals surface area contributed by atoms with Crippen molar-refractivity contribution >= 4 is 17.4 Å². The SMILES string of the molecule is C=CCN1CCN(C(=O)c2ccccc2)c2cccnc21. The Kier molecular flexibility index (Phi) is 3.69. The van der Waals surface area contributed by atoms with Gasteiger partial charge in [-0.3, -0.25) is 4.79 Å². The highest BCUT2D eigenvalue weighted by molar-refractivity contribution is 6.08. The summed E-state index contributed by atoms with van der Waals surface area (Å²) in [5.41, 5.74) is 1.56. The van der Waals surface area contributed by atoms with Crippen molar-refractivity contribution < 1.29 is 4.79 Å². The topological polar surface area (TPSA) is 36.4 Å². The fourth-order valence-corrected chi connectivity index (χ4v) is 2.57. The maximum Gasteiger partial charge on any atom is 0.258 e. The van der Waals surface area contributed by atoms with Crippen molar-refractivity contribution in [1.82, 2.24) is 4.98 Å². The van der Waals surface area contributed by atoms with Crippen LogP contribution in [0, 0.1) is 0 Å². The van der Waals surface area contributed by atoms with Crippen molar-refractivity contribution in [3.05, 3.63) is 66.9 Å². The monoisotopic (exact) mass is 279 g/mol. The highest BCUT2D eigenvalue weighted by atomic mass is 16.2. The molecule has 1 amide bonds. The van der Waals surface area contributed by atoms with E-state index in [2.05, 4.69) is 16.5 Å². The maximum atomic E-state index is 12.7. The Morgan fingerprint density at radius 3 is 2.76 bits per heavy atom. The van der Waals surface area contributed by atoms with Crippen molar-refractivity contribution in [3.63, 3.8) is 0 Å². The average molecular weight is 279 g/mol.